The number of nitrogens with one attached hydrogen (secondary N) is 1. The largest absolute Gasteiger partial charge is 0.347 e. The third kappa shape index (κ3) is 3.49. The number of carbonyl (C=O) groups is 1. The predicted molar refractivity (Wildman–Crippen MR) is 98.9 cm³/mol. The Balaban J connectivity index is 1.38. The Morgan fingerprint density at radius 1 is 1.12 bits per heavy atom. The van der Waals surface area contributed by atoms with Crippen LogP contribution in [0.5, 0.6) is 0 Å². The van der Waals surface area contributed by atoms with Crippen molar-refractivity contribution in [2.24, 2.45) is 0 Å². The molecule has 0 aliphatic rings. The van der Waals surface area contributed by atoms with E-state index < -0.39 is 0 Å². The Bertz CT molecular complexity index is 1030. The summed E-state index contributed by atoms with van der Waals surface area (Å²) in [6, 6.07) is 14.0. The van der Waals surface area contributed by atoms with Crippen LogP contribution in [0.4, 0.5) is 0 Å². The number of nitrogens with zero attached hydrogens (tertiary/aromatic N) is 4. The number of aromatic nitrogens is 4. The summed E-state index contributed by atoms with van der Waals surface area (Å²) in [6.45, 7) is 3.21. The number of amides is 1. The van der Waals surface area contributed by atoms with Gasteiger partial charge in [0.15, 0.2) is 0 Å². The van der Waals surface area contributed by atoms with E-state index in [4.69, 9.17) is 0 Å². The third-order valence-corrected chi connectivity index (χ3v) is 4.23. The summed E-state index contributed by atoms with van der Waals surface area (Å²) < 4.78 is 3.73. The molecule has 4 rings (SSSR count). The van der Waals surface area contributed by atoms with Crippen LogP contribution in [0.2, 0.25) is 0 Å². The van der Waals surface area contributed by atoms with E-state index >= 15 is 0 Å². The molecule has 0 aliphatic carbocycles. The summed E-state index contributed by atoms with van der Waals surface area (Å²) in [5.41, 5.74) is 4.52. The first kappa shape index (κ1) is 16.1. The molecule has 1 N–H and O–H groups in total. The molecule has 4 aromatic rings. The molecule has 0 saturated heterocycles. The van der Waals surface area contributed by atoms with Gasteiger partial charge in [0, 0.05) is 31.3 Å². The normalized spacial score (nSPS) is 11.0. The van der Waals surface area contributed by atoms with Gasteiger partial charge >= 0.3 is 0 Å². The van der Waals surface area contributed by atoms with Crippen LogP contribution in [-0.2, 0) is 13.1 Å². The molecule has 0 bridgehead atoms. The molecule has 0 spiro atoms. The van der Waals surface area contributed by atoms with Gasteiger partial charge in [0.25, 0.3) is 5.91 Å². The van der Waals surface area contributed by atoms with E-state index in [2.05, 4.69) is 27.5 Å². The van der Waals surface area contributed by atoms with Gasteiger partial charge in [-0.15, -0.1) is 0 Å². The minimum absolute atomic E-state index is 0.174. The fraction of sp³-hybridized carbons (Fsp3) is 0.150. The summed E-state index contributed by atoms with van der Waals surface area (Å²) in [5.74, 6) is -0.174. The van der Waals surface area contributed by atoms with Gasteiger partial charge in [0.1, 0.15) is 11.3 Å². The summed E-state index contributed by atoms with van der Waals surface area (Å²) in [5, 5.41) is 7.12. The maximum Gasteiger partial charge on any atom is 0.271 e. The number of rotatable bonds is 5. The lowest BCUT2D eigenvalue weighted by Crippen LogP contribution is -2.23. The fourth-order valence-corrected chi connectivity index (χ4v) is 2.81. The van der Waals surface area contributed by atoms with Crippen LogP contribution in [0.15, 0.2) is 67.3 Å². The van der Waals surface area contributed by atoms with E-state index in [-0.39, 0.29) is 5.91 Å². The molecule has 0 atom stereocenters. The molecule has 0 saturated carbocycles. The number of fused-ring (bicyclic) bond motifs is 1. The predicted octanol–water partition coefficient (Wildman–Crippen LogP) is 2.82. The van der Waals surface area contributed by atoms with E-state index in [0.717, 1.165) is 23.3 Å². The first-order valence-electron chi connectivity index (χ1n) is 8.46. The van der Waals surface area contributed by atoms with Crippen molar-refractivity contribution in [3.63, 3.8) is 0 Å². The Morgan fingerprint density at radius 3 is 2.69 bits per heavy atom. The molecule has 3 aromatic heterocycles. The number of hydrogen-bond donors (Lipinski definition) is 1. The highest BCUT2D eigenvalue weighted by Gasteiger charge is 2.10. The minimum Gasteiger partial charge on any atom is -0.347 e. The lowest BCUT2D eigenvalue weighted by molar-refractivity contribution is 0.0946. The van der Waals surface area contributed by atoms with Crippen LogP contribution in [-0.4, -0.2) is 25.1 Å². The molecular weight excluding hydrogens is 326 g/mol. The average Bonchev–Trinajstić information content (AvgIpc) is 3.30. The van der Waals surface area contributed by atoms with Crippen LogP contribution < -0.4 is 5.32 Å². The number of aryl methyl sites for hydroxylation is 1. The molecule has 130 valence electrons. The van der Waals surface area contributed by atoms with Gasteiger partial charge in [-0.05, 0) is 41.8 Å². The molecule has 6 nitrogen and oxygen atoms in total. The monoisotopic (exact) mass is 345 g/mol. The number of pyridine rings is 1. The van der Waals surface area contributed by atoms with Crippen molar-refractivity contribution in [2.45, 2.75) is 20.0 Å². The molecule has 6 heteroatoms. The highest BCUT2D eigenvalue weighted by atomic mass is 16.1. The van der Waals surface area contributed by atoms with Gasteiger partial charge in [-0.3, -0.25) is 9.48 Å². The van der Waals surface area contributed by atoms with Gasteiger partial charge in [0.2, 0.25) is 0 Å². The summed E-state index contributed by atoms with van der Waals surface area (Å²) in [6.07, 6.45) is 7.36. The topological polar surface area (TPSA) is 64.2 Å². The van der Waals surface area contributed by atoms with E-state index in [1.165, 1.54) is 5.56 Å². The van der Waals surface area contributed by atoms with Crippen LogP contribution in [0.1, 0.15) is 27.2 Å². The standard InChI is InChI=1S/C20H19N5O/c1-15-7-10-24-14-18(23-19(24)11-15)20(26)21-12-16-3-5-17(6-4-16)13-25-9-2-8-22-25/h2-11,14H,12-13H2,1H3,(H,21,26). The van der Waals surface area contributed by atoms with Crippen molar-refractivity contribution in [1.29, 1.82) is 0 Å². The Kier molecular flexibility index (Phi) is 4.23. The summed E-state index contributed by atoms with van der Waals surface area (Å²) >= 11 is 0. The van der Waals surface area contributed by atoms with Gasteiger partial charge < -0.3 is 9.72 Å². The maximum atomic E-state index is 12.4. The van der Waals surface area contributed by atoms with Crippen LogP contribution in [0.3, 0.4) is 0 Å². The summed E-state index contributed by atoms with van der Waals surface area (Å²) in [7, 11) is 0. The van der Waals surface area contributed by atoms with E-state index in [0.29, 0.717) is 12.2 Å². The lowest BCUT2D eigenvalue weighted by Gasteiger charge is -2.06. The average molecular weight is 345 g/mol. The van der Waals surface area contributed by atoms with Gasteiger partial charge in [0.05, 0.1) is 6.54 Å². The maximum absolute atomic E-state index is 12.4. The molecule has 0 fully saturated rings. The van der Waals surface area contributed by atoms with Crippen molar-refractivity contribution >= 4 is 11.6 Å². The zero-order valence-electron chi connectivity index (χ0n) is 14.5. The Morgan fingerprint density at radius 2 is 1.92 bits per heavy atom. The second-order valence-corrected chi connectivity index (χ2v) is 6.30. The van der Waals surface area contributed by atoms with Gasteiger partial charge in [-0.25, -0.2) is 4.98 Å². The van der Waals surface area contributed by atoms with Crippen LogP contribution in [0, 0.1) is 6.92 Å². The molecular formula is C20H19N5O. The van der Waals surface area contributed by atoms with Gasteiger partial charge in [-0.1, -0.05) is 24.3 Å². The van der Waals surface area contributed by atoms with E-state index in [9.17, 15) is 4.79 Å². The number of hydrogen-bond acceptors (Lipinski definition) is 3. The third-order valence-electron chi connectivity index (χ3n) is 4.23. The molecule has 0 unspecified atom stereocenters. The Labute approximate surface area is 151 Å². The van der Waals surface area contributed by atoms with Crippen molar-refractivity contribution in [2.75, 3.05) is 0 Å². The van der Waals surface area contributed by atoms with E-state index in [1.54, 1.807) is 12.4 Å². The molecule has 0 radical (unpaired) electrons. The van der Waals surface area contributed by atoms with Crippen LogP contribution >= 0.6 is 0 Å². The van der Waals surface area contributed by atoms with Crippen molar-refractivity contribution < 1.29 is 4.79 Å². The first-order chi connectivity index (χ1) is 12.7. The number of benzene rings is 1. The second kappa shape index (κ2) is 6.84. The van der Waals surface area contributed by atoms with Crippen LogP contribution in [0.25, 0.3) is 5.65 Å². The SMILES string of the molecule is Cc1ccn2cc(C(=O)NCc3ccc(Cn4cccn4)cc3)nc2c1. The second-order valence-electron chi connectivity index (χ2n) is 6.30. The van der Waals surface area contributed by atoms with E-state index in [1.807, 2.05) is 58.7 Å². The fourth-order valence-electron chi connectivity index (χ4n) is 2.81. The highest BCUT2D eigenvalue weighted by Crippen LogP contribution is 2.09. The number of imidazole rings is 1. The molecule has 1 amide bonds. The lowest BCUT2D eigenvalue weighted by atomic mass is 10.1. The minimum atomic E-state index is -0.174. The molecule has 3 heterocycles. The first-order valence-corrected chi connectivity index (χ1v) is 8.46. The summed E-state index contributed by atoms with van der Waals surface area (Å²) in [4.78, 5) is 16.7. The zero-order chi connectivity index (χ0) is 17.9. The van der Waals surface area contributed by atoms with Crippen molar-refractivity contribution in [3.05, 3.63) is 89.6 Å². The molecule has 26 heavy (non-hydrogen) atoms. The quantitative estimate of drug-likeness (QED) is 0.605. The van der Waals surface area contributed by atoms with Gasteiger partial charge in [-0.2, -0.15) is 5.10 Å². The zero-order valence-corrected chi connectivity index (χ0v) is 14.5. The van der Waals surface area contributed by atoms with Crippen molar-refractivity contribution in [3.8, 4) is 0 Å². The smallest absolute Gasteiger partial charge is 0.271 e. The number of carbonyl (C=O) groups excluding carboxylic acids is 1. The van der Waals surface area contributed by atoms with Crippen molar-refractivity contribution in [1.82, 2.24) is 24.5 Å². The Hall–Kier alpha value is -3.41. The highest BCUT2D eigenvalue weighted by molar-refractivity contribution is 5.92. The molecule has 0 aliphatic heterocycles. The molecule has 1 aromatic carbocycles.